The third kappa shape index (κ3) is 3.86. The van der Waals surface area contributed by atoms with Crippen molar-refractivity contribution >= 4 is 23.4 Å². The van der Waals surface area contributed by atoms with E-state index >= 15 is 0 Å². The lowest BCUT2D eigenvalue weighted by Gasteiger charge is -2.29. The summed E-state index contributed by atoms with van der Waals surface area (Å²) >= 11 is 7.88. The average molecular weight is 273 g/mol. The quantitative estimate of drug-likeness (QED) is 0.649. The van der Waals surface area contributed by atoms with Crippen molar-refractivity contribution in [2.24, 2.45) is 5.84 Å². The van der Waals surface area contributed by atoms with Crippen molar-refractivity contribution in [1.82, 2.24) is 5.43 Å². The summed E-state index contributed by atoms with van der Waals surface area (Å²) in [5.74, 6) is 7.69. The predicted octanol–water partition coefficient (Wildman–Crippen LogP) is 1.85. The maximum atomic E-state index is 5.97. The maximum absolute atomic E-state index is 5.97. The minimum Gasteiger partial charge on any atom is -0.375 e. The molecule has 3 nitrogen and oxygen atoms in total. The largest absolute Gasteiger partial charge is 0.375 e. The lowest BCUT2D eigenvalue weighted by molar-refractivity contribution is 0.0472. The summed E-state index contributed by atoms with van der Waals surface area (Å²) in [6.07, 6.45) is 1.01. The Balaban J connectivity index is 1.98. The van der Waals surface area contributed by atoms with Crippen LogP contribution < -0.4 is 11.3 Å². The fourth-order valence-corrected chi connectivity index (χ4v) is 3.11. The molecule has 0 aromatic heterocycles. The lowest BCUT2D eigenvalue weighted by Crippen LogP contribution is -2.49. The van der Waals surface area contributed by atoms with Crippen LogP contribution >= 0.6 is 23.4 Å². The molecule has 17 heavy (non-hydrogen) atoms. The van der Waals surface area contributed by atoms with Crippen LogP contribution in [0, 0.1) is 0 Å². The van der Waals surface area contributed by atoms with Crippen molar-refractivity contribution in [3.8, 4) is 0 Å². The molecule has 2 rings (SSSR count). The Morgan fingerprint density at radius 1 is 1.59 bits per heavy atom. The monoisotopic (exact) mass is 272 g/mol. The highest BCUT2D eigenvalue weighted by Gasteiger charge is 2.24. The van der Waals surface area contributed by atoms with Crippen LogP contribution in [0.3, 0.4) is 0 Å². The highest BCUT2D eigenvalue weighted by molar-refractivity contribution is 7.99. The molecule has 1 aliphatic heterocycles. The molecule has 94 valence electrons. The molecule has 3 N–H and O–H groups in total. The summed E-state index contributed by atoms with van der Waals surface area (Å²) in [7, 11) is 0. The molecule has 0 radical (unpaired) electrons. The number of thioether (sulfide) groups is 1. The smallest absolute Gasteiger partial charge is 0.0835 e. The van der Waals surface area contributed by atoms with Gasteiger partial charge in [-0.1, -0.05) is 23.7 Å². The summed E-state index contributed by atoms with van der Waals surface area (Å²) in [4.78, 5) is 0. The molecule has 1 aliphatic rings. The summed E-state index contributed by atoms with van der Waals surface area (Å²) in [5, 5.41) is 0.761. The summed E-state index contributed by atoms with van der Waals surface area (Å²) in [5.41, 5.74) is 4.04. The lowest BCUT2D eigenvalue weighted by atomic mass is 10.0. The van der Waals surface area contributed by atoms with Crippen molar-refractivity contribution < 1.29 is 4.74 Å². The molecule has 2 atom stereocenters. The van der Waals surface area contributed by atoms with Gasteiger partial charge in [0.1, 0.15) is 0 Å². The first-order chi connectivity index (χ1) is 8.29. The SMILES string of the molecule is NNC(Cc1cccc(Cl)c1)C1CSCCO1. The van der Waals surface area contributed by atoms with Gasteiger partial charge in [-0.05, 0) is 24.1 Å². The Morgan fingerprint density at radius 3 is 3.12 bits per heavy atom. The second-order valence-corrected chi connectivity index (χ2v) is 5.68. The number of ether oxygens (including phenoxy) is 1. The van der Waals surface area contributed by atoms with Crippen LogP contribution in [0.5, 0.6) is 0 Å². The first-order valence-corrected chi connectivity index (χ1v) is 7.23. The zero-order chi connectivity index (χ0) is 12.1. The van der Waals surface area contributed by atoms with Crippen LogP contribution in [-0.2, 0) is 11.2 Å². The Hall–Kier alpha value is -0.260. The van der Waals surface area contributed by atoms with E-state index < -0.39 is 0 Å². The van der Waals surface area contributed by atoms with Crippen LogP contribution in [-0.4, -0.2) is 30.3 Å². The van der Waals surface area contributed by atoms with Crippen LogP contribution in [0.25, 0.3) is 0 Å². The third-order valence-corrected chi connectivity index (χ3v) is 4.10. The van der Waals surface area contributed by atoms with E-state index in [0.29, 0.717) is 0 Å². The van der Waals surface area contributed by atoms with E-state index in [2.05, 4.69) is 11.5 Å². The summed E-state index contributed by atoms with van der Waals surface area (Å²) in [6.45, 7) is 0.809. The number of benzene rings is 1. The number of nitrogens with two attached hydrogens (primary N) is 1. The minimum atomic E-state index is 0.140. The minimum absolute atomic E-state index is 0.140. The van der Waals surface area contributed by atoms with Crippen molar-refractivity contribution in [1.29, 1.82) is 0 Å². The molecule has 1 aromatic rings. The van der Waals surface area contributed by atoms with Gasteiger partial charge in [-0.2, -0.15) is 11.8 Å². The van der Waals surface area contributed by atoms with E-state index in [4.69, 9.17) is 22.2 Å². The standard InChI is InChI=1S/C12H17ClN2OS/c13-10-3-1-2-9(6-10)7-11(15-14)12-8-17-5-4-16-12/h1-3,6,11-12,15H,4-5,7-8,14H2. The van der Waals surface area contributed by atoms with E-state index in [1.807, 2.05) is 30.0 Å². The summed E-state index contributed by atoms with van der Waals surface area (Å²) < 4.78 is 5.74. The number of rotatable bonds is 4. The zero-order valence-corrected chi connectivity index (χ0v) is 11.1. The van der Waals surface area contributed by atoms with Crippen LogP contribution in [0.4, 0.5) is 0 Å². The Labute approximate surface area is 111 Å². The van der Waals surface area contributed by atoms with Gasteiger partial charge in [0.15, 0.2) is 0 Å². The second kappa shape index (κ2) is 6.61. The van der Waals surface area contributed by atoms with Crippen molar-refractivity contribution in [2.75, 3.05) is 18.1 Å². The number of halogens is 1. The van der Waals surface area contributed by atoms with Crippen LogP contribution in [0.2, 0.25) is 5.02 Å². The fraction of sp³-hybridized carbons (Fsp3) is 0.500. The van der Waals surface area contributed by atoms with Crippen molar-refractivity contribution in [2.45, 2.75) is 18.6 Å². The Bertz CT molecular complexity index is 358. The van der Waals surface area contributed by atoms with Gasteiger partial charge in [-0.25, -0.2) is 0 Å². The second-order valence-electron chi connectivity index (χ2n) is 4.09. The van der Waals surface area contributed by atoms with Crippen molar-refractivity contribution in [3.05, 3.63) is 34.9 Å². The van der Waals surface area contributed by atoms with E-state index in [9.17, 15) is 0 Å². The molecule has 0 bridgehead atoms. The van der Waals surface area contributed by atoms with E-state index in [1.54, 1.807) is 0 Å². The topological polar surface area (TPSA) is 47.3 Å². The van der Waals surface area contributed by atoms with Gasteiger partial charge in [-0.15, -0.1) is 0 Å². The molecule has 5 heteroatoms. The normalized spacial score (nSPS) is 22.4. The highest BCUT2D eigenvalue weighted by atomic mass is 35.5. The molecule has 0 amide bonds. The fourth-order valence-electron chi connectivity index (χ4n) is 1.95. The average Bonchev–Trinajstić information content (AvgIpc) is 2.37. The van der Waals surface area contributed by atoms with Crippen LogP contribution in [0.15, 0.2) is 24.3 Å². The van der Waals surface area contributed by atoms with Gasteiger partial charge in [-0.3, -0.25) is 11.3 Å². The molecular weight excluding hydrogens is 256 g/mol. The molecule has 2 unspecified atom stereocenters. The first kappa shape index (κ1) is 13.2. The van der Waals surface area contributed by atoms with E-state index in [0.717, 1.165) is 29.6 Å². The van der Waals surface area contributed by atoms with E-state index in [1.165, 1.54) is 5.56 Å². The Kier molecular flexibility index (Phi) is 5.13. The number of hydrogen-bond acceptors (Lipinski definition) is 4. The highest BCUT2D eigenvalue weighted by Crippen LogP contribution is 2.19. The number of nitrogens with one attached hydrogen (secondary N) is 1. The van der Waals surface area contributed by atoms with Gasteiger partial charge in [0.25, 0.3) is 0 Å². The first-order valence-electron chi connectivity index (χ1n) is 5.69. The molecule has 0 aliphatic carbocycles. The van der Waals surface area contributed by atoms with Gasteiger partial charge < -0.3 is 4.74 Å². The van der Waals surface area contributed by atoms with Crippen LogP contribution in [0.1, 0.15) is 5.56 Å². The maximum Gasteiger partial charge on any atom is 0.0835 e. The zero-order valence-electron chi connectivity index (χ0n) is 9.56. The number of hydrogen-bond donors (Lipinski definition) is 2. The predicted molar refractivity (Wildman–Crippen MR) is 73.3 cm³/mol. The molecule has 1 saturated heterocycles. The van der Waals surface area contributed by atoms with Gasteiger partial charge in [0, 0.05) is 16.5 Å². The Morgan fingerprint density at radius 2 is 2.47 bits per heavy atom. The van der Waals surface area contributed by atoms with Gasteiger partial charge >= 0.3 is 0 Å². The molecule has 1 heterocycles. The van der Waals surface area contributed by atoms with E-state index in [-0.39, 0.29) is 12.1 Å². The number of hydrazine groups is 1. The molecule has 1 aromatic carbocycles. The third-order valence-electron chi connectivity index (χ3n) is 2.85. The molecule has 0 saturated carbocycles. The molecular formula is C12H17ClN2OS. The summed E-state index contributed by atoms with van der Waals surface area (Å²) in [6, 6.07) is 8.01. The van der Waals surface area contributed by atoms with Gasteiger partial charge in [0.2, 0.25) is 0 Å². The molecule has 0 spiro atoms. The van der Waals surface area contributed by atoms with Gasteiger partial charge in [0.05, 0.1) is 18.8 Å². The molecule has 1 fully saturated rings. The van der Waals surface area contributed by atoms with Crippen molar-refractivity contribution in [3.63, 3.8) is 0 Å².